The minimum absolute atomic E-state index is 0.00519. The molecule has 0 unspecified atom stereocenters. The van der Waals surface area contributed by atoms with E-state index in [2.05, 4.69) is 24.9 Å². The van der Waals surface area contributed by atoms with Crippen LogP contribution in [0.3, 0.4) is 0 Å². The van der Waals surface area contributed by atoms with Crippen LogP contribution in [0.1, 0.15) is 221 Å². The molecular weight excluding hydrogens is 1300 g/mol. The van der Waals surface area contributed by atoms with E-state index in [0.717, 1.165) is 0 Å². The SMILES string of the molecule is CC(C)c1nc2c(o1)-c1c(N)cccc1C(=O)C2=O.CC(C)c1nc2c(o1)-c1c(cccc1[N+](=O)[O-])C(=O)C2=O.CC(C)c1nc2c(o1)-c1cccc(O)c1C(=O)C2=O.CC1=CC(=O)CC2=C1c1oc(C(C)C)nc1C(=O)C2=O.COc1cccc2c1-c1oc(CN(C)C)nc1C(=O)C2=O. The number of phenolic OH excluding ortho intramolecular Hbond substituents is 1. The van der Waals surface area contributed by atoms with Crippen LogP contribution in [-0.2, 0) is 16.1 Å². The summed E-state index contributed by atoms with van der Waals surface area (Å²) in [6.07, 6.45) is 1.43. The topological polar surface area (TPSA) is 420 Å². The normalized spacial score (nSPS) is 14.4. The number of allylic oxidation sites excluding steroid dienone is 4. The number of nitrogens with zero attached hydrogens (tertiary/aromatic N) is 7. The van der Waals surface area contributed by atoms with Gasteiger partial charge in [-0.1, -0.05) is 91.8 Å². The van der Waals surface area contributed by atoms with Crippen LogP contribution in [0, 0.1) is 10.1 Å². The maximum atomic E-state index is 12.2. The second kappa shape index (κ2) is 26.5. The van der Waals surface area contributed by atoms with Gasteiger partial charge in [0.25, 0.3) is 34.6 Å². The molecular formula is C72H60N8O20. The lowest BCUT2D eigenvalue weighted by molar-refractivity contribution is -0.384. The Morgan fingerprint density at radius 1 is 0.500 bits per heavy atom. The van der Waals surface area contributed by atoms with Gasteiger partial charge in [-0.05, 0) is 63.0 Å². The van der Waals surface area contributed by atoms with Crippen LogP contribution in [0.25, 0.3) is 50.9 Å². The van der Waals surface area contributed by atoms with E-state index in [0.29, 0.717) is 92.2 Å². The lowest BCUT2D eigenvalue weighted by Gasteiger charge is -2.20. The number of methoxy groups -OCH3 is 1. The van der Waals surface area contributed by atoms with Crippen LogP contribution in [0.2, 0.25) is 0 Å². The Kier molecular flexibility index (Phi) is 18.3. The first kappa shape index (κ1) is 68.9. The van der Waals surface area contributed by atoms with Gasteiger partial charge in [-0.25, -0.2) is 24.9 Å². The number of nitro benzene ring substituents is 1. The highest BCUT2D eigenvalue weighted by Crippen LogP contribution is 2.45. The lowest BCUT2D eigenvalue weighted by Crippen LogP contribution is -2.27. The molecule has 0 amide bonds. The molecule has 0 bridgehead atoms. The van der Waals surface area contributed by atoms with Gasteiger partial charge in [-0.2, -0.15) is 0 Å². The summed E-state index contributed by atoms with van der Waals surface area (Å²) in [4.78, 5) is 165. The van der Waals surface area contributed by atoms with Crippen molar-refractivity contribution in [2.45, 2.75) is 99.0 Å². The monoisotopic (exact) mass is 1360 g/mol. The average Bonchev–Trinajstić information content (AvgIpc) is 1.52. The number of oxazole rings is 5. The molecule has 100 heavy (non-hydrogen) atoms. The summed E-state index contributed by atoms with van der Waals surface area (Å²) in [5.41, 5.74) is 9.51. The first-order valence-electron chi connectivity index (χ1n) is 31.1. The van der Waals surface area contributed by atoms with Crippen molar-refractivity contribution in [3.05, 3.63) is 186 Å². The van der Waals surface area contributed by atoms with Crippen LogP contribution in [0.5, 0.6) is 11.5 Å². The fourth-order valence-corrected chi connectivity index (χ4v) is 11.4. The predicted octanol–water partition coefficient (Wildman–Crippen LogP) is 11.8. The number of ether oxygens (including phenoxy) is 1. The smallest absolute Gasteiger partial charge is 0.281 e. The van der Waals surface area contributed by atoms with Crippen molar-refractivity contribution < 1.29 is 89.6 Å². The van der Waals surface area contributed by atoms with Crippen molar-refractivity contribution >= 4 is 80.6 Å². The lowest BCUT2D eigenvalue weighted by atomic mass is 9.81. The first-order valence-corrected chi connectivity index (χ1v) is 31.1. The minimum Gasteiger partial charge on any atom is -0.507 e. The molecule has 6 aliphatic carbocycles. The molecule has 5 heterocycles. The number of fused-ring (bicyclic) bond motifs is 14. The number of hydrogen-bond acceptors (Lipinski definition) is 27. The van der Waals surface area contributed by atoms with Crippen LogP contribution < -0.4 is 10.5 Å². The van der Waals surface area contributed by atoms with E-state index in [4.69, 9.17) is 32.6 Å². The van der Waals surface area contributed by atoms with Gasteiger partial charge < -0.3 is 42.6 Å². The third kappa shape index (κ3) is 12.0. The maximum absolute atomic E-state index is 12.2. The summed E-state index contributed by atoms with van der Waals surface area (Å²) in [5, 5.41) is 20.9. The number of anilines is 1. The van der Waals surface area contributed by atoms with E-state index >= 15 is 0 Å². The molecule has 0 fully saturated rings. The molecule has 9 aromatic rings. The van der Waals surface area contributed by atoms with Crippen molar-refractivity contribution in [1.29, 1.82) is 0 Å². The zero-order chi connectivity index (χ0) is 72.5. The summed E-state index contributed by atoms with van der Waals surface area (Å²) >= 11 is 0. The number of Topliss-reactive ketones (excluding diaryl/α,β-unsaturated/α-hetero) is 10. The molecule has 6 aliphatic rings. The van der Waals surface area contributed by atoms with Gasteiger partial charge in [0.1, 0.15) is 17.1 Å². The highest BCUT2D eigenvalue weighted by Gasteiger charge is 2.44. The van der Waals surface area contributed by atoms with Gasteiger partial charge in [-0.3, -0.25) is 62.9 Å². The molecule has 0 radical (unpaired) electrons. The second-order valence-corrected chi connectivity index (χ2v) is 25.0. The highest BCUT2D eigenvalue weighted by molar-refractivity contribution is 6.55. The second-order valence-electron chi connectivity index (χ2n) is 25.0. The number of aromatic hydroxyl groups is 1. The summed E-state index contributed by atoms with van der Waals surface area (Å²) in [5.74, 6) is -3.66. The van der Waals surface area contributed by atoms with Crippen molar-refractivity contribution in [2.24, 2.45) is 0 Å². The number of hydrogen-bond donors (Lipinski definition) is 2. The standard InChI is InChI=1S/C15H14N2O4.C15H13NO4.C14H10N2O5.C14H12N2O3.C14H11NO4/c1-17(2)7-10-16-12-14(19)13(18)8-5-4-6-9(20-3)11(8)15(12)21-10;1-6(2)15-16-11-13(19)12(18)9-5-8(17)4-7(3)10(9)14(11)20-15;1-6(2)14-15-10-12(18)11(17)7-4-3-5-8(16(19)20)9(7)13(10)21-14;1-6(2)14-16-10-12(18)11(17)7-4-3-5-8(15)9(7)13(10)19-14;1-6(2)14-15-10-12(18)11(17)9-7(13(10)19-14)4-3-5-8(9)16/h4-6H,7H2,1-3H3;4,6H,5H2,1-3H3;3-6H,1-2H3;3-6H,15H2,1-2H3;3-6,16H,1-2H3. The molecule has 4 aromatic carbocycles. The van der Waals surface area contributed by atoms with Gasteiger partial charge in [0.2, 0.25) is 34.8 Å². The van der Waals surface area contributed by atoms with Crippen LogP contribution in [-0.4, -0.2) is 125 Å². The number of carbonyl (C=O) groups excluding carboxylic acids is 11. The van der Waals surface area contributed by atoms with Crippen LogP contribution in [0.15, 0.2) is 112 Å². The molecule has 28 heteroatoms. The fourth-order valence-electron chi connectivity index (χ4n) is 11.4. The maximum Gasteiger partial charge on any atom is 0.281 e. The third-order valence-corrected chi connectivity index (χ3v) is 16.2. The van der Waals surface area contributed by atoms with Crippen LogP contribution >= 0.6 is 0 Å². The zero-order valence-corrected chi connectivity index (χ0v) is 55.6. The molecule has 3 N–H and O–H groups in total. The van der Waals surface area contributed by atoms with Gasteiger partial charge in [0.15, 0.2) is 86.6 Å². The fraction of sp³-hybridized carbons (Fsp3) is 0.250. The Morgan fingerprint density at radius 2 is 0.910 bits per heavy atom. The van der Waals surface area contributed by atoms with E-state index in [1.807, 2.05) is 74.4 Å². The van der Waals surface area contributed by atoms with E-state index in [9.17, 15) is 68.0 Å². The number of rotatable bonds is 8. The molecule has 15 rings (SSSR count). The molecule has 508 valence electrons. The van der Waals surface area contributed by atoms with E-state index in [1.54, 1.807) is 55.5 Å². The average molecular weight is 1360 g/mol. The summed E-state index contributed by atoms with van der Waals surface area (Å²) in [6.45, 7) is 17.2. The van der Waals surface area contributed by atoms with Gasteiger partial charge >= 0.3 is 0 Å². The summed E-state index contributed by atoms with van der Waals surface area (Å²) in [7, 11) is 5.24. The van der Waals surface area contributed by atoms with Crippen molar-refractivity contribution in [3.8, 4) is 56.8 Å². The largest absolute Gasteiger partial charge is 0.507 e. The highest BCUT2D eigenvalue weighted by atomic mass is 16.6. The number of ketones is 11. The molecule has 0 aliphatic heterocycles. The number of benzene rings is 4. The molecule has 0 spiro atoms. The van der Waals surface area contributed by atoms with Gasteiger partial charge in [0.05, 0.1) is 35.3 Å². The number of nitro groups is 1. The third-order valence-electron chi connectivity index (χ3n) is 16.2. The zero-order valence-electron chi connectivity index (χ0n) is 55.6. The van der Waals surface area contributed by atoms with E-state index in [1.165, 1.54) is 37.5 Å². The van der Waals surface area contributed by atoms with Crippen molar-refractivity contribution in [2.75, 3.05) is 26.9 Å². The number of phenols is 1. The number of nitrogen functional groups attached to an aromatic ring is 1. The Hall–Kier alpha value is -12.5. The number of nitrogens with two attached hydrogens (primary N) is 1. The predicted molar refractivity (Wildman–Crippen MR) is 352 cm³/mol. The first-order chi connectivity index (χ1) is 47.3. The summed E-state index contributed by atoms with van der Waals surface area (Å²) in [6, 6.07) is 18.5. The molecule has 5 aromatic heterocycles. The minimum atomic E-state index is -0.801. The number of aromatic nitrogens is 5. The van der Waals surface area contributed by atoms with E-state index in [-0.39, 0.29) is 121 Å². The Labute approximate surface area is 566 Å². The quantitative estimate of drug-likeness (QED) is 0.0617. The molecule has 0 atom stereocenters. The van der Waals surface area contributed by atoms with Crippen molar-refractivity contribution in [3.63, 3.8) is 0 Å². The summed E-state index contributed by atoms with van der Waals surface area (Å²) < 4.78 is 33.4. The van der Waals surface area contributed by atoms with Gasteiger partial charge in [-0.15, -0.1) is 0 Å². The van der Waals surface area contributed by atoms with E-state index < -0.39 is 62.8 Å². The number of carbonyl (C=O) groups is 11. The Bertz CT molecular complexity index is 5190. The Morgan fingerprint density at radius 3 is 1.43 bits per heavy atom. The Balaban J connectivity index is 0.000000126. The van der Waals surface area contributed by atoms with Crippen molar-refractivity contribution in [1.82, 2.24) is 29.8 Å². The van der Waals surface area contributed by atoms with Gasteiger partial charge in [0, 0.05) is 75.2 Å². The van der Waals surface area contributed by atoms with Crippen LogP contribution in [0.4, 0.5) is 11.4 Å². The molecule has 28 nitrogen and oxygen atoms in total. The molecule has 0 saturated carbocycles. The molecule has 0 saturated heterocycles.